The van der Waals surface area contributed by atoms with Gasteiger partial charge in [-0.15, -0.1) is 0 Å². The maximum Gasteiger partial charge on any atom is 0.161 e. The molecule has 0 aliphatic heterocycles. The number of aromatic nitrogens is 2. The molecule has 0 atom stereocenters. The first-order valence-corrected chi connectivity index (χ1v) is 6.28. The first-order valence-electron chi connectivity index (χ1n) is 5.52. The van der Waals surface area contributed by atoms with Crippen LogP contribution in [0.15, 0.2) is 18.2 Å². The Bertz CT molecular complexity index is 597. The van der Waals surface area contributed by atoms with Gasteiger partial charge in [0.25, 0.3) is 0 Å². The van der Waals surface area contributed by atoms with Crippen molar-refractivity contribution in [1.29, 1.82) is 0 Å². The highest BCUT2D eigenvalue weighted by Crippen LogP contribution is 2.28. The van der Waals surface area contributed by atoms with Gasteiger partial charge in [0, 0.05) is 22.8 Å². The number of nitrogens with zero attached hydrogens (tertiary/aromatic N) is 2. The molecule has 18 heavy (non-hydrogen) atoms. The van der Waals surface area contributed by atoms with Crippen molar-refractivity contribution in [2.45, 2.75) is 20.4 Å². The lowest BCUT2D eigenvalue weighted by atomic mass is 10.1. The lowest BCUT2D eigenvalue weighted by Gasteiger charge is -2.10. The van der Waals surface area contributed by atoms with Crippen molar-refractivity contribution in [2.75, 3.05) is 0 Å². The Balaban J connectivity index is 2.60. The molecule has 3 nitrogen and oxygen atoms in total. The van der Waals surface area contributed by atoms with Crippen molar-refractivity contribution >= 4 is 23.2 Å². The Morgan fingerprint density at radius 2 is 1.89 bits per heavy atom. The van der Waals surface area contributed by atoms with Crippen molar-refractivity contribution < 1.29 is 0 Å². The Labute approximate surface area is 116 Å². The highest BCUT2D eigenvalue weighted by molar-refractivity contribution is 6.36. The molecule has 0 fully saturated rings. The standard InChI is InChI=1S/C13H13Cl2N3/c1-7-8(2)17-13(18-12(7)6-16)10-4-3-9(14)5-11(10)15/h3-5H,6,16H2,1-2H3. The zero-order chi connectivity index (χ0) is 13.3. The second-order valence-electron chi connectivity index (χ2n) is 4.03. The van der Waals surface area contributed by atoms with Crippen molar-refractivity contribution in [3.8, 4) is 11.4 Å². The van der Waals surface area contributed by atoms with Crippen LogP contribution >= 0.6 is 23.2 Å². The monoisotopic (exact) mass is 281 g/mol. The first kappa shape index (κ1) is 13.3. The summed E-state index contributed by atoms with van der Waals surface area (Å²) in [4.78, 5) is 8.90. The van der Waals surface area contributed by atoms with Crippen molar-refractivity contribution in [3.05, 3.63) is 45.2 Å². The smallest absolute Gasteiger partial charge is 0.161 e. The molecule has 94 valence electrons. The quantitative estimate of drug-likeness (QED) is 0.916. The second-order valence-corrected chi connectivity index (χ2v) is 4.88. The van der Waals surface area contributed by atoms with Crippen LogP contribution in [-0.2, 0) is 6.54 Å². The van der Waals surface area contributed by atoms with E-state index in [1.54, 1.807) is 12.1 Å². The van der Waals surface area contributed by atoms with Crippen LogP contribution in [0, 0.1) is 13.8 Å². The molecule has 2 aromatic rings. The summed E-state index contributed by atoms with van der Waals surface area (Å²) >= 11 is 12.0. The fourth-order valence-electron chi connectivity index (χ4n) is 1.68. The predicted molar refractivity (Wildman–Crippen MR) is 74.9 cm³/mol. The molecule has 1 aromatic carbocycles. The number of hydrogen-bond acceptors (Lipinski definition) is 3. The maximum atomic E-state index is 6.16. The molecule has 0 saturated heterocycles. The van der Waals surface area contributed by atoms with Crippen LogP contribution in [0.1, 0.15) is 17.0 Å². The molecule has 2 rings (SSSR count). The summed E-state index contributed by atoms with van der Waals surface area (Å²) in [5.41, 5.74) is 9.21. The Morgan fingerprint density at radius 1 is 1.17 bits per heavy atom. The number of aryl methyl sites for hydroxylation is 1. The summed E-state index contributed by atoms with van der Waals surface area (Å²) in [6, 6.07) is 5.26. The summed E-state index contributed by atoms with van der Waals surface area (Å²) in [6.07, 6.45) is 0. The molecule has 0 saturated carbocycles. The van der Waals surface area contributed by atoms with Gasteiger partial charge in [-0.25, -0.2) is 9.97 Å². The molecule has 1 aromatic heterocycles. The minimum absolute atomic E-state index is 0.382. The summed E-state index contributed by atoms with van der Waals surface area (Å²) < 4.78 is 0. The SMILES string of the molecule is Cc1nc(-c2ccc(Cl)cc2Cl)nc(CN)c1C. The number of halogens is 2. The van der Waals surface area contributed by atoms with Crippen LogP contribution in [0.2, 0.25) is 10.0 Å². The molecule has 0 bridgehead atoms. The molecular weight excluding hydrogens is 269 g/mol. The third-order valence-corrected chi connectivity index (χ3v) is 3.40. The maximum absolute atomic E-state index is 6.16. The summed E-state index contributed by atoms with van der Waals surface area (Å²) in [5.74, 6) is 0.584. The van der Waals surface area contributed by atoms with Crippen LogP contribution in [-0.4, -0.2) is 9.97 Å². The number of benzene rings is 1. The average molecular weight is 282 g/mol. The van der Waals surface area contributed by atoms with E-state index in [4.69, 9.17) is 28.9 Å². The molecule has 0 spiro atoms. The summed E-state index contributed by atoms with van der Waals surface area (Å²) in [5, 5.41) is 1.13. The highest BCUT2D eigenvalue weighted by atomic mass is 35.5. The minimum atomic E-state index is 0.382. The van der Waals surface area contributed by atoms with Crippen LogP contribution in [0.3, 0.4) is 0 Å². The van der Waals surface area contributed by atoms with E-state index in [2.05, 4.69) is 9.97 Å². The largest absolute Gasteiger partial charge is 0.325 e. The van der Waals surface area contributed by atoms with Gasteiger partial charge in [-0.2, -0.15) is 0 Å². The van der Waals surface area contributed by atoms with Gasteiger partial charge in [-0.05, 0) is 37.6 Å². The first-order chi connectivity index (χ1) is 8.52. The Kier molecular flexibility index (Phi) is 3.85. The Morgan fingerprint density at radius 3 is 2.50 bits per heavy atom. The summed E-state index contributed by atoms with van der Waals surface area (Å²) in [7, 11) is 0. The topological polar surface area (TPSA) is 51.8 Å². The molecule has 0 radical (unpaired) electrons. The van der Waals surface area contributed by atoms with Crippen LogP contribution in [0.4, 0.5) is 0 Å². The molecule has 5 heteroatoms. The van der Waals surface area contributed by atoms with E-state index in [1.165, 1.54) is 0 Å². The fourth-order valence-corrected chi connectivity index (χ4v) is 2.17. The van der Waals surface area contributed by atoms with Crippen molar-refractivity contribution in [1.82, 2.24) is 9.97 Å². The minimum Gasteiger partial charge on any atom is -0.325 e. The Hall–Kier alpha value is -1.16. The van der Waals surface area contributed by atoms with E-state index in [9.17, 15) is 0 Å². The number of rotatable bonds is 2. The predicted octanol–water partition coefficient (Wildman–Crippen LogP) is 3.53. The van der Waals surface area contributed by atoms with Gasteiger partial charge in [0.05, 0.1) is 10.7 Å². The number of hydrogen-bond donors (Lipinski definition) is 1. The van der Waals surface area contributed by atoms with Gasteiger partial charge >= 0.3 is 0 Å². The zero-order valence-corrected chi connectivity index (χ0v) is 11.7. The average Bonchev–Trinajstić information content (AvgIpc) is 2.32. The lowest BCUT2D eigenvalue weighted by molar-refractivity contribution is 0.926. The third-order valence-electron chi connectivity index (χ3n) is 2.86. The summed E-state index contributed by atoms with van der Waals surface area (Å²) in [6.45, 7) is 4.28. The van der Waals surface area contributed by atoms with Gasteiger partial charge in [0.2, 0.25) is 0 Å². The van der Waals surface area contributed by atoms with E-state index >= 15 is 0 Å². The van der Waals surface area contributed by atoms with Gasteiger partial charge in [-0.1, -0.05) is 23.2 Å². The van der Waals surface area contributed by atoms with Crippen LogP contribution in [0.5, 0.6) is 0 Å². The van der Waals surface area contributed by atoms with E-state index in [0.29, 0.717) is 22.4 Å². The lowest BCUT2D eigenvalue weighted by Crippen LogP contribution is -2.07. The van der Waals surface area contributed by atoms with E-state index in [1.807, 2.05) is 19.9 Å². The van der Waals surface area contributed by atoms with Crippen LogP contribution in [0.25, 0.3) is 11.4 Å². The van der Waals surface area contributed by atoms with Gasteiger partial charge in [-0.3, -0.25) is 0 Å². The molecule has 1 heterocycles. The highest BCUT2D eigenvalue weighted by Gasteiger charge is 2.11. The molecule has 2 N–H and O–H groups in total. The molecule has 0 aliphatic carbocycles. The third kappa shape index (κ3) is 2.48. The van der Waals surface area contributed by atoms with Crippen LogP contribution < -0.4 is 5.73 Å². The zero-order valence-electron chi connectivity index (χ0n) is 10.2. The van der Waals surface area contributed by atoms with Crippen molar-refractivity contribution in [2.24, 2.45) is 5.73 Å². The molecule has 0 aliphatic rings. The van der Waals surface area contributed by atoms with Crippen molar-refractivity contribution in [3.63, 3.8) is 0 Å². The van der Waals surface area contributed by atoms with E-state index in [0.717, 1.165) is 22.5 Å². The van der Waals surface area contributed by atoms with Gasteiger partial charge < -0.3 is 5.73 Å². The fraction of sp³-hybridized carbons (Fsp3) is 0.231. The number of nitrogens with two attached hydrogens (primary N) is 1. The van der Waals surface area contributed by atoms with Gasteiger partial charge in [0.1, 0.15) is 0 Å². The molecule has 0 unspecified atom stereocenters. The normalized spacial score (nSPS) is 10.7. The van der Waals surface area contributed by atoms with E-state index in [-0.39, 0.29) is 0 Å². The van der Waals surface area contributed by atoms with E-state index < -0.39 is 0 Å². The molecular formula is C13H13Cl2N3. The molecule has 0 amide bonds. The second kappa shape index (κ2) is 5.22. The van der Waals surface area contributed by atoms with Gasteiger partial charge in [0.15, 0.2) is 5.82 Å².